The van der Waals surface area contributed by atoms with Gasteiger partial charge in [-0.3, -0.25) is 9.69 Å². The third kappa shape index (κ3) is 2.81. The Labute approximate surface area is 107 Å². The lowest BCUT2D eigenvalue weighted by Crippen LogP contribution is -2.40. The molecule has 0 atom stereocenters. The van der Waals surface area contributed by atoms with Gasteiger partial charge in [0.15, 0.2) is 15.3 Å². The van der Waals surface area contributed by atoms with Crippen LogP contribution in [0.5, 0.6) is 0 Å². The van der Waals surface area contributed by atoms with Crippen molar-refractivity contribution in [2.75, 3.05) is 24.6 Å². The van der Waals surface area contributed by atoms with Crippen molar-refractivity contribution < 1.29 is 8.42 Å². The van der Waals surface area contributed by atoms with E-state index in [1.54, 1.807) is 13.1 Å². The van der Waals surface area contributed by atoms with Crippen LogP contribution in [0, 0.1) is 13.8 Å². The van der Waals surface area contributed by atoms with E-state index in [-0.39, 0.29) is 16.9 Å². The molecule has 2 rings (SSSR count). The topological polar surface area (TPSA) is 70.2 Å². The summed E-state index contributed by atoms with van der Waals surface area (Å²) < 4.78 is 22.7. The Balaban J connectivity index is 2.12. The van der Waals surface area contributed by atoms with Gasteiger partial charge >= 0.3 is 0 Å². The molecule has 6 heteroatoms. The number of aromatic amines is 1. The summed E-state index contributed by atoms with van der Waals surface area (Å²) in [6, 6.07) is 0. The van der Waals surface area contributed by atoms with Crippen molar-refractivity contribution in [2.24, 2.45) is 0 Å². The molecule has 0 unspecified atom stereocenters. The minimum absolute atomic E-state index is 0.0633. The van der Waals surface area contributed by atoms with Crippen LogP contribution in [0.3, 0.4) is 0 Å². The number of nitrogens with zero attached hydrogens (tertiary/aromatic N) is 1. The predicted molar refractivity (Wildman–Crippen MR) is 70.5 cm³/mol. The van der Waals surface area contributed by atoms with Gasteiger partial charge < -0.3 is 4.98 Å². The van der Waals surface area contributed by atoms with Gasteiger partial charge in [-0.15, -0.1) is 0 Å². The first-order valence-corrected chi connectivity index (χ1v) is 7.82. The maximum Gasteiger partial charge on any atom is 0.187 e. The van der Waals surface area contributed by atoms with E-state index in [4.69, 9.17) is 0 Å². The van der Waals surface area contributed by atoms with Crippen LogP contribution >= 0.6 is 0 Å². The molecule has 100 valence electrons. The average molecular weight is 270 g/mol. The number of hydrogen-bond acceptors (Lipinski definition) is 4. The molecule has 0 radical (unpaired) electrons. The number of rotatable bonds is 2. The Kier molecular flexibility index (Phi) is 3.59. The van der Waals surface area contributed by atoms with E-state index in [1.807, 2.05) is 6.92 Å². The normalized spacial score (nSPS) is 19.9. The van der Waals surface area contributed by atoms with Gasteiger partial charge in [0.2, 0.25) is 0 Å². The van der Waals surface area contributed by atoms with Crippen LogP contribution in [-0.2, 0) is 16.4 Å². The van der Waals surface area contributed by atoms with Crippen LogP contribution in [0.2, 0.25) is 0 Å². The fourth-order valence-corrected chi connectivity index (χ4v) is 3.38. The van der Waals surface area contributed by atoms with Crippen molar-refractivity contribution in [3.8, 4) is 0 Å². The minimum Gasteiger partial charge on any atom is -0.363 e. The van der Waals surface area contributed by atoms with Gasteiger partial charge in [-0.05, 0) is 13.8 Å². The summed E-state index contributed by atoms with van der Waals surface area (Å²) in [5, 5.41) is 0. The number of pyridine rings is 1. The first-order valence-electron chi connectivity index (χ1n) is 5.99. The second-order valence-corrected chi connectivity index (χ2v) is 7.14. The lowest BCUT2D eigenvalue weighted by Gasteiger charge is -2.26. The van der Waals surface area contributed by atoms with E-state index in [0.29, 0.717) is 25.2 Å². The number of sulfone groups is 1. The van der Waals surface area contributed by atoms with Crippen molar-refractivity contribution in [3.63, 3.8) is 0 Å². The fraction of sp³-hybridized carbons (Fsp3) is 0.583. The van der Waals surface area contributed by atoms with Gasteiger partial charge in [-0.2, -0.15) is 0 Å². The fourth-order valence-electron chi connectivity index (χ4n) is 2.10. The van der Waals surface area contributed by atoms with Gasteiger partial charge in [0.05, 0.1) is 11.5 Å². The van der Waals surface area contributed by atoms with Crippen LogP contribution in [0.25, 0.3) is 0 Å². The molecule has 1 aromatic rings. The van der Waals surface area contributed by atoms with Crippen LogP contribution in [0.1, 0.15) is 16.8 Å². The molecule has 0 amide bonds. The lowest BCUT2D eigenvalue weighted by atomic mass is 10.1. The monoisotopic (exact) mass is 270 g/mol. The molecule has 0 aromatic carbocycles. The molecule has 0 aliphatic carbocycles. The van der Waals surface area contributed by atoms with Gasteiger partial charge in [-0.1, -0.05) is 0 Å². The number of aromatic nitrogens is 1. The highest BCUT2D eigenvalue weighted by atomic mass is 32.2. The number of aryl methyl sites for hydroxylation is 1. The third-order valence-electron chi connectivity index (χ3n) is 3.43. The maximum absolute atomic E-state index is 11.8. The molecular formula is C12H18N2O3S. The smallest absolute Gasteiger partial charge is 0.187 e. The number of hydrogen-bond donors (Lipinski definition) is 1. The molecular weight excluding hydrogens is 252 g/mol. The Morgan fingerprint density at radius 2 is 1.89 bits per heavy atom. The standard InChI is InChI=1S/C12H18N2O3S/c1-9-7-13-11(10(2)12(9)15)8-14-3-5-18(16,17)6-4-14/h7H,3-6,8H2,1-2H3,(H,13,15). The van der Waals surface area contributed by atoms with Crippen LogP contribution in [-0.4, -0.2) is 42.9 Å². The number of H-pyrrole nitrogens is 1. The summed E-state index contributed by atoms with van der Waals surface area (Å²) >= 11 is 0. The average Bonchev–Trinajstić information content (AvgIpc) is 2.32. The summed E-state index contributed by atoms with van der Waals surface area (Å²) in [5.74, 6) is 0.421. The molecule has 1 fully saturated rings. The van der Waals surface area contributed by atoms with Gasteiger partial charge in [0.1, 0.15) is 0 Å². The molecule has 0 spiro atoms. The third-order valence-corrected chi connectivity index (χ3v) is 5.04. The summed E-state index contributed by atoms with van der Waals surface area (Å²) in [7, 11) is -2.85. The molecule has 1 aliphatic rings. The van der Waals surface area contributed by atoms with Crippen molar-refractivity contribution in [2.45, 2.75) is 20.4 Å². The van der Waals surface area contributed by atoms with E-state index < -0.39 is 9.84 Å². The molecule has 0 saturated carbocycles. The summed E-state index contributed by atoms with van der Waals surface area (Å²) in [6.07, 6.45) is 1.71. The highest BCUT2D eigenvalue weighted by molar-refractivity contribution is 7.91. The Hall–Kier alpha value is -1.14. The Morgan fingerprint density at radius 1 is 1.28 bits per heavy atom. The highest BCUT2D eigenvalue weighted by Gasteiger charge is 2.22. The molecule has 1 saturated heterocycles. The van der Waals surface area contributed by atoms with Gasteiger partial charge in [0.25, 0.3) is 0 Å². The molecule has 1 N–H and O–H groups in total. The molecule has 1 aliphatic heterocycles. The summed E-state index contributed by atoms with van der Waals surface area (Å²) in [6.45, 7) is 5.27. The van der Waals surface area contributed by atoms with Gasteiger partial charge in [0, 0.05) is 42.7 Å². The Bertz CT molecular complexity index is 590. The first kappa shape index (κ1) is 13.3. The summed E-state index contributed by atoms with van der Waals surface area (Å²) in [4.78, 5) is 17.0. The van der Waals surface area contributed by atoms with Crippen LogP contribution in [0.15, 0.2) is 11.0 Å². The molecule has 18 heavy (non-hydrogen) atoms. The van der Waals surface area contributed by atoms with E-state index >= 15 is 0 Å². The first-order chi connectivity index (χ1) is 8.39. The van der Waals surface area contributed by atoms with Crippen LogP contribution in [0.4, 0.5) is 0 Å². The van der Waals surface area contributed by atoms with Crippen molar-refractivity contribution in [1.82, 2.24) is 9.88 Å². The molecule has 2 heterocycles. The van der Waals surface area contributed by atoms with E-state index in [2.05, 4.69) is 9.88 Å². The zero-order valence-corrected chi connectivity index (χ0v) is 11.5. The quantitative estimate of drug-likeness (QED) is 0.834. The zero-order chi connectivity index (χ0) is 13.3. The number of nitrogens with one attached hydrogen (secondary N) is 1. The van der Waals surface area contributed by atoms with Crippen molar-refractivity contribution >= 4 is 9.84 Å². The zero-order valence-electron chi connectivity index (χ0n) is 10.7. The van der Waals surface area contributed by atoms with Crippen LogP contribution < -0.4 is 5.43 Å². The highest BCUT2D eigenvalue weighted by Crippen LogP contribution is 2.09. The van der Waals surface area contributed by atoms with E-state index in [9.17, 15) is 13.2 Å². The van der Waals surface area contributed by atoms with Crippen molar-refractivity contribution in [3.05, 3.63) is 33.2 Å². The molecule has 0 bridgehead atoms. The minimum atomic E-state index is -2.85. The second kappa shape index (κ2) is 4.85. The molecule has 1 aromatic heterocycles. The second-order valence-electron chi connectivity index (χ2n) is 4.83. The predicted octanol–water partition coefficient (Wildman–Crippen LogP) is 0.222. The van der Waals surface area contributed by atoms with E-state index in [0.717, 1.165) is 11.3 Å². The van der Waals surface area contributed by atoms with Gasteiger partial charge in [-0.25, -0.2) is 8.42 Å². The molecule has 5 nitrogen and oxygen atoms in total. The van der Waals surface area contributed by atoms with E-state index in [1.165, 1.54) is 0 Å². The summed E-state index contributed by atoms with van der Waals surface area (Å²) in [5.41, 5.74) is 2.37. The largest absolute Gasteiger partial charge is 0.363 e. The SMILES string of the molecule is Cc1c[nH]c(CN2CCS(=O)(=O)CC2)c(C)c1=O. The Morgan fingerprint density at radius 3 is 2.50 bits per heavy atom. The maximum atomic E-state index is 11.8. The lowest BCUT2D eigenvalue weighted by molar-refractivity contribution is 0.283. The van der Waals surface area contributed by atoms with Crippen molar-refractivity contribution in [1.29, 1.82) is 0 Å².